The molecule has 1 aromatic carbocycles. The van der Waals surface area contributed by atoms with E-state index in [0.29, 0.717) is 17.7 Å². The van der Waals surface area contributed by atoms with Gasteiger partial charge >= 0.3 is 0 Å². The van der Waals surface area contributed by atoms with Crippen LogP contribution in [0, 0.1) is 0 Å². The highest BCUT2D eigenvalue weighted by Gasteiger charge is 2.46. The first kappa shape index (κ1) is 6.99. The highest BCUT2D eigenvalue weighted by molar-refractivity contribution is 5.78. The monoisotopic (exact) mass is 177 g/mol. The van der Waals surface area contributed by atoms with E-state index in [1.54, 1.807) is 6.07 Å². The number of fused-ring (bicyclic) bond motifs is 1. The lowest BCUT2D eigenvalue weighted by Crippen LogP contribution is -2.07. The Morgan fingerprint density at radius 1 is 1.46 bits per heavy atom. The van der Waals surface area contributed by atoms with Crippen LogP contribution in [0.4, 0.5) is 0 Å². The van der Waals surface area contributed by atoms with E-state index in [-0.39, 0.29) is 0 Å². The van der Waals surface area contributed by atoms with E-state index in [2.05, 4.69) is 15.4 Å². The molecule has 1 saturated heterocycles. The normalized spacial score (nSPS) is 26.5. The largest absolute Gasteiger partial charge is 0.360 e. The molecule has 66 valence electrons. The first-order valence-corrected chi connectivity index (χ1v) is 3.96. The zero-order chi connectivity index (χ0) is 8.89. The molecule has 0 saturated carbocycles. The van der Waals surface area contributed by atoms with Crippen molar-refractivity contribution in [1.82, 2.24) is 15.4 Å². The predicted molar refractivity (Wildman–Crippen MR) is 43.7 cm³/mol. The zero-order valence-electron chi connectivity index (χ0n) is 6.69. The summed E-state index contributed by atoms with van der Waals surface area (Å²) in [4.78, 5) is 0. The number of hydrogen-bond acceptors (Lipinski definition) is 4. The second kappa shape index (κ2) is 2.07. The van der Waals surface area contributed by atoms with Crippen molar-refractivity contribution >= 4 is 11.0 Å². The number of aromatic nitrogens is 3. The van der Waals surface area contributed by atoms with Crippen LogP contribution in [0.3, 0.4) is 0 Å². The van der Waals surface area contributed by atoms with Crippen molar-refractivity contribution in [3.05, 3.63) is 23.8 Å². The van der Waals surface area contributed by atoms with Gasteiger partial charge < -0.3 is 9.84 Å². The lowest BCUT2D eigenvalue weighted by Gasteiger charge is -2.03. The SMILES string of the molecule is OC1(c2cccc3n[nH]nc23)CO1. The topological polar surface area (TPSA) is 74.3 Å². The highest BCUT2D eigenvalue weighted by Crippen LogP contribution is 2.37. The summed E-state index contributed by atoms with van der Waals surface area (Å²) < 4.78 is 4.93. The maximum Gasteiger partial charge on any atom is 0.219 e. The van der Waals surface area contributed by atoms with Crippen LogP contribution in [0.1, 0.15) is 5.56 Å². The van der Waals surface area contributed by atoms with Crippen LogP contribution in [0.15, 0.2) is 18.2 Å². The molecule has 5 heteroatoms. The molecule has 0 spiro atoms. The molecular weight excluding hydrogens is 170 g/mol. The molecule has 0 amide bonds. The molecule has 0 bridgehead atoms. The van der Waals surface area contributed by atoms with Gasteiger partial charge in [-0.05, 0) is 6.07 Å². The Hall–Kier alpha value is -1.46. The Labute approximate surface area is 73.3 Å². The van der Waals surface area contributed by atoms with Crippen LogP contribution in [-0.2, 0) is 10.5 Å². The summed E-state index contributed by atoms with van der Waals surface area (Å²) in [6.45, 7) is 0.332. The van der Waals surface area contributed by atoms with Gasteiger partial charge in [-0.2, -0.15) is 15.4 Å². The molecule has 1 atom stereocenters. The van der Waals surface area contributed by atoms with Crippen molar-refractivity contribution in [3.63, 3.8) is 0 Å². The maximum atomic E-state index is 9.71. The van der Waals surface area contributed by atoms with Crippen molar-refractivity contribution in [1.29, 1.82) is 0 Å². The Bertz CT molecular complexity index is 461. The first-order valence-electron chi connectivity index (χ1n) is 3.96. The smallest absolute Gasteiger partial charge is 0.219 e. The van der Waals surface area contributed by atoms with Crippen molar-refractivity contribution in [2.45, 2.75) is 5.79 Å². The molecule has 1 aromatic heterocycles. The average Bonchev–Trinajstić information content (AvgIpc) is 2.72. The van der Waals surface area contributed by atoms with E-state index >= 15 is 0 Å². The van der Waals surface area contributed by atoms with Gasteiger partial charge in [0.1, 0.15) is 17.6 Å². The summed E-state index contributed by atoms with van der Waals surface area (Å²) in [6.07, 6.45) is 0. The van der Waals surface area contributed by atoms with Gasteiger partial charge in [0.05, 0.1) is 0 Å². The quantitative estimate of drug-likeness (QED) is 0.607. The number of rotatable bonds is 1. The lowest BCUT2D eigenvalue weighted by molar-refractivity contribution is 0.0346. The molecule has 1 aliphatic rings. The predicted octanol–water partition coefficient (Wildman–Crippen LogP) is 0.133. The van der Waals surface area contributed by atoms with Crippen molar-refractivity contribution in [3.8, 4) is 0 Å². The Kier molecular flexibility index (Phi) is 1.11. The first-order chi connectivity index (χ1) is 6.30. The number of epoxide rings is 1. The summed E-state index contributed by atoms with van der Waals surface area (Å²) in [5.74, 6) is -1.13. The minimum Gasteiger partial charge on any atom is -0.360 e. The number of aliphatic hydroxyl groups is 1. The van der Waals surface area contributed by atoms with E-state index < -0.39 is 5.79 Å². The number of benzene rings is 1. The summed E-state index contributed by atoms with van der Waals surface area (Å²) >= 11 is 0. The number of nitrogens with one attached hydrogen (secondary N) is 1. The second-order valence-corrected chi connectivity index (χ2v) is 3.07. The molecule has 2 aromatic rings. The Morgan fingerprint density at radius 3 is 3.08 bits per heavy atom. The van der Waals surface area contributed by atoms with Crippen molar-refractivity contribution in [2.24, 2.45) is 0 Å². The third-order valence-corrected chi connectivity index (χ3v) is 2.19. The number of nitrogens with zero attached hydrogens (tertiary/aromatic N) is 2. The fourth-order valence-electron chi connectivity index (χ4n) is 1.41. The van der Waals surface area contributed by atoms with Gasteiger partial charge in [0, 0.05) is 5.56 Å². The number of hydrogen-bond donors (Lipinski definition) is 2. The highest BCUT2D eigenvalue weighted by atomic mass is 16.7. The molecular formula is C8H7N3O2. The molecule has 0 aliphatic carbocycles. The summed E-state index contributed by atoms with van der Waals surface area (Å²) in [7, 11) is 0. The van der Waals surface area contributed by atoms with Crippen LogP contribution >= 0.6 is 0 Å². The summed E-state index contributed by atoms with van der Waals surface area (Å²) in [5, 5.41) is 20.1. The molecule has 0 radical (unpaired) electrons. The van der Waals surface area contributed by atoms with E-state index in [1.807, 2.05) is 12.1 Å². The minimum absolute atomic E-state index is 0.332. The fourth-order valence-corrected chi connectivity index (χ4v) is 1.41. The molecule has 5 nitrogen and oxygen atoms in total. The van der Waals surface area contributed by atoms with E-state index in [9.17, 15) is 5.11 Å². The minimum atomic E-state index is -1.13. The van der Waals surface area contributed by atoms with Gasteiger partial charge in [-0.3, -0.25) is 0 Å². The third kappa shape index (κ3) is 0.881. The molecule has 1 unspecified atom stereocenters. The van der Waals surface area contributed by atoms with Crippen LogP contribution in [-0.4, -0.2) is 27.1 Å². The van der Waals surface area contributed by atoms with Gasteiger partial charge in [-0.15, -0.1) is 0 Å². The van der Waals surface area contributed by atoms with E-state index in [0.717, 1.165) is 5.52 Å². The summed E-state index contributed by atoms with van der Waals surface area (Å²) in [6, 6.07) is 5.44. The lowest BCUT2D eigenvalue weighted by atomic mass is 10.1. The van der Waals surface area contributed by atoms with Gasteiger partial charge in [-0.25, -0.2) is 0 Å². The van der Waals surface area contributed by atoms with Crippen molar-refractivity contribution in [2.75, 3.05) is 6.61 Å². The van der Waals surface area contributed by atoms with Crippen LogP contribution in [0.25, 0.3) is 11.0 Å². The number of H-pyrrole nitrogens is 1. The molecule has 2 N–H and O–H groups in total. The van der Waals surface area contributed by atoms with Crippen molar-refractivity contribution < 1.29 is 9.84 Å². The zero-order valence-corrected chi connectivity index (χ0v) is 6.69. The number of aromatic amines is 1. The Balaban J connectivity index is 2.33. The van der Waals surface area contributed by atoms with Gasteiger partial charge in [0.2, 0.25) is 5.79 Å². The molecule has 1 fully saturated rings. The average molecular weight is 177 g/mol. The van der Waals surface area contributed by atoms with Crippen LogP contribution in [0.2, 0.25) is 0 Å². The third-order valence-electron chi connectivity index (χ3n) is 2.19. The number of ether oxygens (including phenoxy) is 1. The molecule has 2 heterocycles. The number of para-hydroxylation sites is 1. The van der Waals surface area contributed by atoms with Gasteiger partial charge in [0.25, 0.3) is 0 Å². The molecule has 13 heavy (non-hydrogen) atoms. The summed E-state index contributed by atoms with van der Waals surface area (Å²) in [5.41, 5.74) is 2.09. The second-order valence-electron chi connectivity index (χ2n) is 3.07. The van der Waals surface area contributed by atoms with E-state index in [4.69, 9.17) is 4.74 Å². The van der Waals surface area contributed by atoms with E-state index in [1.165, 1.54) is 0 Å². The maximum absolute atomic E-state index is 9.71. The fraction of sp³-hybridized carbons (Fsp3) is 0.250. The van der Waals surface area contributed by atoms with Gasteiger partial charge in [0.15, 0.2) is 0 Å². The Morgan fingerprint density at radius 2 is 2.31 bits per heavy atom. The molecule has 1 aliphatic heterocycles. The van der Waals surface area contributed by atoms with Gasteiger partial charge in [-0.1, -0.05) is 12.1 Å². The van der Waals surface area contributed by atoms with Crippen LogP contribution < -0.4 is 0 Å². The van der Waals surface area contributed by atoms with Crippen LogP contribution in [0.5, 0.6) is 0 Å². The standard InChI is InChI=1S/C8H7N3O2/c12-8(4-13-8)5-2-1-3-6-7(5)10-11-9-6/h1-3,12H,4H2,(H,9,10,11). The molecule has 3 rings (SSSR count).